The predicted molar refractivity (Wildman–Crippen MR) is 65.6 cm³/mol. The van der Waals surface area contributed by atoms with Crippen molar-refractivity contribution < 1.29 is 29.9 Å². The van der Waals surface area contributed by atoms with Gasteiger partial charge in [0, 0.05) is 0 Å². The van der Waals surface area contributed by atoms with E-state index in [9.17, 15) is 15.3 Å². The van der Waals surface area contributed by atoms with Crippen molar-refractivity contribution in [3.8, 4) is 5.75 Å². The molecule has 0 radical (unpaired) electrons. The molecule has 1 saturated heterocycles. The third kappa shape index (κ3) is 3.05. The molecule has 1 fully saturated rings. The number of ether oxygens (including phenoxy) is 2. The molecule has 2 rings (SSSR count). The van der Waals surface area contributed by atoms with Crippen LogP contribution in [0.5, 0.6) is 5.75 Å². The van der Waals surface area contributed by atoms with Crippen LogP contribution in [0.25, 0.3) is 0 Å². The largest absolute Gasteiger partial charge is 0.462 e. The summed E-state index contributed by atoms with van der Waals surface area (Å²) in [4.78, 5) is 0. The smallest absolute Gasteiger partial charge is 0.229 e. The molecule has 0 unspecified atom stereocenters. The number of benzene rings is 1. The molecule has 1 aliphatic rings. The molecule has 1 aliphatic heterocycles. The summed E-state index contributed by atoms with van der Waals surface area (Å²) in [5, 5.41) is 38.1. The summed E-state index contributed by atoms with van der Waals surface area (Å²) in [5.74, 6) is 0.468. The van der Waals surface area contributed by atoms with Crippen molar-refractivity contribution >= 4 is 0 Å². The molecule has 1 aromatic carbocycles. The van der Waals surface area contributed by atoms with Crippen LogP contribution >= 0.6 is 0 Å². The first-order valence-electron chi connectivity index (χ1n) is 6.07. The van der Waals surface area contributed by atoms with E-state index in [-0.39, 0.29) is 0 Å². The number of hydrogen-bond acceptors (Lipinski definition) is 6. The van der Waals surface area contributed by atoms with E-state index >= 15 is 0 Å². The van der Waals surface area contributed by atoms with Gasteiger partial charge in [0.15, 0.2) is 0 Å². The molecule has 0 saturated carbocycles. The molecule has 1 heterocycles. The van der Waals surface area contributed by atoms with E-state index < -0.39 is 37.3 Å². The maximum atomic E-state index is 9.80. The second kappa shape index (κ2) is 5.85. The van der Waals surface area contributed by atoms with Crippen molar-refractivity contribution in [3.63, 3.8) is 0 Å². The average molecular weight is 270 g/mol. The zero-order chi connectivity index (χ0) is 14.0. The lowest BCUT2D eigenvalue weighted by molar-refractivity contribution is -0.277. The Labute approximate surface area is 110 Å². The third-order valence-corrected chi connectivity index (χ3v) is 3.12. The van der Waals surface area contributed by atoms with Gasteiger partial charge in [0.2, 0.25) is 6.29 Å². The minimum Gasteiger partial charge on any atom is -0.462 e. The Balaban J connectivity index is 2.08. The molecule has 6 heteroatoms. The van der Waals surface area contributed by atoms with Crippen LogP contribution in [0.4, 0.5) is 0 Å². The minimum absolute atomic E-state index is 0.468. The fourth-order valence-corrected chi connectivity index (χ4v) is 1.92. The molecule has 0 spiro atoms. The van der Waals surface area contributed by atoms with Gasteiger partial charge in [-0.15, -0.1) is 0 Å². The highest BCUT2D eigenvalue weighted by atomic mass is 16.7. The molecule has 19 heavy (non-hydrogen) atoms. The van der Waals surface area contributed by atoms with Gasteiger partial charge in [-0.2, -0.15) is 0 Å². The Morgan fingerprint density at radius 2 is 1.68 bits per heavy atom. The lowest BCUT2D eigenvalue weighted by atomic mass is 9.99. The highest BCUT2D eigenvalue weighted by Gasteiger charge is 2.44. The van der Waals surface area contributed by atoms with Crippen LogP contribution < -0.4 is 4.74 Å². The zero-order valence-electron chi connectivity index (χ0n) is 10.5. The fraction of sp³-hybridized carbons (Fsp3) is 0.538. The summed E-state index contributed by atoms with van der Waals surface area (Å²) in [6.07, 6.45) is -6.30. The summed E-state index contributed by atoms with van der Waals surface area (Å²) in [7, 11) is 0. The fourth-order valence-electron chi connectivity index (χ4n) is 1.92. The van der Waals surface area contributed by atoms with Gasteiger partial charge in [-0.3, -0.25) is 0 Å². The molecule has 1 aromatic rings. The first kappa shape index (κ1) is 14.2. The molecule has 0 aliphatic carbocycles. The highest BCUT2D eigenvalue weighted by molar-refractivity contribution is 5.26. The van der Waals surface area contributed by atoms with Crippen molar-refractivity contribution in [2.75, 3.05) is 6.61 Å². The van der Waals surface area contributed by atoms with E-state index in [4.69, 9.17) is 14.6 Å². The van der Waals surface area contributed by atoms with Gasteiger partial charge in [-0.25, -0.2) is 0 Å². The molecule has 0 bridgehead atoms. The maximum absolute atomic E-state index is 9.80. The first-order chi connectivity index (χ1) is 9.02. The Bertz CT molecular complexity index is 404. The zero-order valence-corrected chi connectivity index (χ0v) is 10.5. The molecule has 6 nitrogen and oxygen atoms in total. The lowest BCUT2D eigenvalue weighted by Crippen LogP contribution is -2.60. The van der Waals surface area contributed by atoms with Crippen LogP contribution in [-0.2, 0) is 4.74 Å². The molecule has 0 aromatic heterocycles. The summed E-state index contributed by atoms with van der Waals surface area (Å²) in [6, 6.07) is 7.08. The van der Waals surface area contributed by atoms with Gasteiger partial charge < -0.3 is 29.9 Å². The van der Waals surface area contributed by atoms with Gasteiger partial charge >= 0.3 is 0 Å². The minimum atomic E-state index is -1.43. The number of hydrogen-bond donors (Lipinski definition) is 4. The van der Waals surface area contributed by atoms with Crippen molar-refractivity contribution in [3.05, 3.63) is 29.8 Å². The number of rotatable bonds is 3. The third-order valence-electron chi connectivity index (χ3n) is 3.12. The lowest BCUT2D eigenvalue weighted by Gasteiger charge is -2.39. The van der Waals surface area contributed by atoms with E-state index in [0.29, 0.717) is 5.75 Å². The molecular formula is C13H18O6. The summed E-state index contributed by atoms with van der Waals surface area (Å²) in [6.45, 7) is 1.45. The molecule has 0 amide bonds. The van der Waals surface area contributed by atoms with Crippen molar-refractivity contribution in [2.45, 2.75) is 37.6 Å². The topological polar surface area (TPSA) is 99.4 Å². The number of aliphatic hydroxyl groups excluding tert-OH is 4. The SMILES string of the molecule is Cc1ccc(O[C@@H]2O[C@H](CO)[C@@H](O)[C@@H](O)[C@@H]2O)cc1. The van der Waals surface area contributed by atoms with E-state index in [1.165, 1.54) is 0 Å². The highest BCUT2D eigenvalue weighted by Crippen LogP contribution is 2.24. The van der Waals surface area contributed by atoms with E-state index in [2.05, 4.69) is 0 Å². The van der Waals surface area contributed by atoms with E-state index in [1.807, 2.05) is 19.1 Å². The van der Waals surface area contributed by atoms with Crippen molar-refractivity contribution in [2.24, 2.45) is 0 Å². The van der Waals surface area contributed by atoms with E-state index in [1.54, 1.807) is 12.1 Å². The van der Waals surface area contributed by atoms with Crippen LogP contribution in [0.1, 0.15) is 5.56 Å². The van der Waals surface area contributed by atoms with Crippen molar-refractivity contribution in [1.82, 2.24) is 0 Å². The Hall–Kier alpha value is -1.18. The van der Waals surface area contributed by atoms with E-state index in [0.717, 1.165) is 5.56 Å². The van der Waals surface area contributed by atoms with Gasteiger partial charge in [0.1, 0.15) is 30.2 Å². The van der Waals surface area contributed by atoms with Gasteiger partial charge in [-0.05, 0) is 19.1 Å². The molecular weight excluding hydrogens is 252 g/mol. The standard InChI is InChI=1S/C13H18O6/c1-7-2-4-8(5-3-7)18-13-12(17)11(16)10(15)9(6-14)19-13/h2-5,9-17H,6H2,1H3/t9-,10-,11-,12+,13-/m1/s1. The quantitative estimate of drug-likeness (QED) is 0.572. The number of aliphatic hydroxyl groups is 4. The van der Waals surface area contributed by atoms with Gasteiger partial charge in [0.25, 0.3) is 0 Å². The van der Waals surface area contributed by atoms with Gasteiger partial charge in [-0.1, -0.05) is 17.7 Å². The molecule has 4 N–H and O–H groups in total. The summed E-state index contributed by atoms with van der Waals surface area (Å²) in [5.41, 5.74) is 1.06. The molecule has 5 atom stereocenters. The second-order valence-electron chi connectivity index (χ2n) is 4.63. The second-order valence-corrected chi connectivity index (χ2v) is 4.63. The number of aryl methyl sites for hydroxylation is 1. The summed E-state index contributed by atoms with van der Waals surface area (Å²) >= 11 is 0. The Morgan fingerprint density at radius 3 is 2.26 bits per heavy atom. The Morgan fingerprint density at radius 1 is 1.05 bits per heavy atom. The average Bonchev–Trinajstić information content (AvgIpc) is 2.42. The normalized spacial score (nSPS) is 35.1. The molecule has 106 valence electrons. The van der Waals surface area contributed by atoms with Crippen LogP contribution in [0.15, 0.2) is 24.3 Å². The predicted octanol–water partition coefficient (Wildman–Crippen LogP) is -0.826. The van der Waals surface area contributed by atoms with Crippen LogP contribution in [0.2, 0.25) is 0 Å². The van der Waals surface area contributed by atoms with Crippen LogP contribution in [-0.4, -0.2) is 57.7 Å². The van der Waals surface area contributed by atoms with Crippen LogP contribution in [0.3, 0.4) is 0 Å². The first-order valence-corrected chi connectivity index (χ1v) is 6.07. The van der Waals surface area contributed by atoms with Crippen molar-refractivity contribution in [1.29, 1.82) is 0 Å². The summed E-state index contributed by atoms with van der Waals surface area (Å²) < 4.78 is 10.7. The maximum Gasteiger partial charge on any atom is 0.229 e. The monoisotopic (exact) mass is 270 g/mol. The van der Waals surface area contributed by atoms with Crippen LogP contribution in [0, 0.1) is 6.92 Å². The van der Waals surface area contributed by atoms with Gasteiger partial charge in [0.05, 0.1) is 6.61 Å². The Kier molecular flexibility index (Phi) is 4.38.